The smallest absolute Gasteiger partial charge is 0.338 e. The molecule has 0 amide bonds. The van der Waals surface area contributed by atoms with Crippen molar-refractivity contribution in [3.8, 4) is 11.5 Å². The average Bonchev–Trinajstić information content (AvgIpc) is 3.39. The Hall–Kier alpha value is -4.63. The quantitative estimate of drug-likeness (QED) is 0.161. The highest BCUT2D eigenvalue weighted by molar-refractivity contribution is 7.07. The van der Waals surface area contributed by atoms with Gasteiger partial charge < -0.3 is 14.2 Å². The highest BCUT2D eigenvalue weighted by Gasteiger charge is 2.35. The number of thiazole rings is 1. The molecular formula is C36H28Cl2N2O5S. The van der Waals surface area contributed by atoms with Gasteiger partial charge in [-0.1, -0.05) is 95.2 Å². The molecule has 10 heteroatoms. The monoisotopic (exact) mass is 670 g/mol. The van der Waals surface area contributed by atoms with Crippen LogP contribution in [0.15, 0.2) is 112 Å². The molecule has 1 aliphatic heterocycles. The molecule has 4 aromatic carbocycles. The largest absolute Gasteiger partial charge is 0.497 e. The summed E-state index contributed by atoms with van der Waals surface area (Å²) in [7, 11) is 1.59. The molecule has 0 bridgehead atoms. The molecule has 0 fully saturated rings. The van der Waals surface area contributed by atoms with E-state index in [1.54, 1.807) is 48.9 Å². The molecule has 0 unspecified atom stereocenters. The number of halogens is 2. The summed E-state index contributed by atoms with van der Waals surface area (Å²) in [5.74, 6) is 0.745. The molecule has 0 N–H and O–H groups in total. The van der Waals surface area contributed by atoms with Crippen LogP contribution in [-0.2, 0) is 16.1 Å². The predicted molar refractivity (Wildman–Crippen MR) is 181 cm³/mol. The summed E-state index contributed by atoms with van der Waals surface area (Å²) in [5, 5.41) is 0.940. The fourth-order valence-electron chi connectivity index (χ4n) is 5.18. The number of benzene rings is 4. The summed E-state index contributed by atoms with van der Waals surface area (Å²) >= 11 is 13.4. The number of hydrogen-bond donors (Lipinski definition) is 0. The lowest BCUT2D eigenvalue weighted by Crippen LogP contribution is -2.40. The molecule has 1 aromatic heterocycles. The molecule has 0 radical (unpaired) electrons. The molecule has 1 atom stereocenters. The van der Waals surface area contributed by atoms with E-state index in [4.69, 9.17) is 42.4 Å². The van der Waals surface area contributed by atoms with E-state index in [0.717, 1.165) is 22.3 Å². The van der Waals surface area contributed by atoms with Crippen LogP contribution in [0.5, 0.6) is 11.5 Å². The Balaban J connectivity index is 1.46. The lowest BCUT2D eigenvalue weighted by molar-refractivity contribution is -0.138. The highest BCUT2D eigenvalue weighted by atomic mass is 35.5. The number of carbonyl (C=O) groups excluding carboxylic acids is 1. The fourth-order valence-corrected chi connectivity index (χ4v) is 6.51. The van der Waals surface area contributed by atoms with Crippen LogP contribution in [0, 0.1) is 0 Å². The summed E-state index contributed by atoms with van der Waals surface area (Å²) in [6.07, 6.45) is 1.80. The van der Waals surface area contributed by atoms with Crippen molar-refractivity contribution >= 4 is 52.3 Å². The van der Waals surface area contributed by atoms with Crippen LogP contribution in [0.1, 0.15) is 35.2 Å². The lowest BCUT2D eigenvalue weighted by atomic mass is 9.93. The van der Waals surface area contributed by atoms with Gasteiger partial charge in [0.1, 0.15) is 18.1 Å². The van der Waals surface area contributed by atoms with Gasteiger partial charge in [-0.25, -0.2) is 9.79 Å². The fraction of sp³-hybridized carbons (Fsp3) is 0.139. The van der Waals surface area contributed by atoms with E-state index in [1.165, 1.54) is 11.3 Å². The molecule has 46 heavy (non-hydrogen) atoms. The van der Waals surface area contributed by atoms with Crippen molar-refractivity contribution < 1.29 is 19.0 Å². The Morgan fingerprint density at radius 1 is 0.935 bits per heavy atom. The van der Waals surface area contributed by atoms with Crippen molar-refractivity contribution in [2.24, 2.45) is 4.99 Å². The molecular weight excluding hydrogens is 643 g/mol. The predicted octanol–water partition coefficient (Wildman–Crippen LogP) is 6.83. The van der Waals surface area contributed by atoms with Crippen LogP contribution >= 0.6 is 34.5 Å². The maximum Gasteiger partial charge on any atom is 0.338 e. The number of ether oxygens (including phenoxy) is 3. The van der Waals surface area contributed by atoms with E-state index in [-0.39, 0.29) is 17.7 Å². The van der Waals surface area contributed by atoms with E-state index in [1.807, 2.05) is 72.8 Å². The molecule has 6 rings (SSSR count). The Bertz CT molecular complexity index is 2120. The summed E-state index contributed by atoms with van der Waals surface area (Å²) < 4.78 is 18.9. The van der Waals surface area contributed by atoms with E-state index in [9.17, 15) is 9.59 Å². The maximum atomic E-state index is 14.2. The number of nitrogens with zero attached hydrogens (tertiary/aromatic N) is 2. The summed E-state index contributed by atoms with van der Waals surface area (Å²) in [6.45, 7) is 2.22. The van der Waals surface area contributed by atoms with E-state index in [0.29, 0.717) is 43.2 Å². The number of rotatable bonds is 9. The Kier molecular flexibility index (Phi) is 9.40. The molecule has 7 nitrogen and oxygen atoms in total. The van der Waals surface area contributed by atoms with Gasteiger partial charge in [0.15, 0.2) is 4.80 Å². The van der Waals surface area contributed by atoms with Crippen LogP contribution in [0.3, 0.4) is 0 Å². The van der Waals surface area contributed by atoms with Crippen molar-refractivity contribution in [3.63, 3.8) is 0 Å². The molecule has 0 spiro atoms. The van der Waals surface area contributed by atoms with Gasteiger partial charge in [-0.05, 0) is 66.1 Å². The number of carbonyl (C=O) groups is 1. The molecule has 0 aliphatic carbocycles. The van der Waals surface area contributed by atoms with Gasteiger partial charge in [-0.3, -0.25) is 9.36 Å². The molecule has 232 valence electrons. The first kappa shape index (κ1) is 31.4. The normalized spacial score (nSPS) is 14.4. The average molecular weight is 672 g/mol. The standard InChI is InChI=1S/C36H28Cl2N2O5S/c1-3-44-35(42)31-32(24-9-5-4-6-10-24)39-36-40(33(31)25-13-15-26(43-2)16-14-25)34(41)30(46-36)20-22-8-7-11-27(18-22)45-21-23-12-17-28(37)29(38)19-23/h4-20,33H,3,21H2,1-2H3/b30-20+/t33-/m1/s1. The van der Waals surface area contributed by atoms with Gasteiger partial charge in [-0.15, -0.1) is 0 Å². The van der Waals surface area contributed by atoms with Gasteiger partial charge >= 0.3 is 5.97 Å². The Morgan fingerprint density at radius 2 is 1.72 bits per heavy atom. The summed E-state index contributed by atoms with van der Waals surface area (Å²) in [5.41, 5.74) is 3.58. The van der Waals surface area contributed by atoms with Gasteiger partial charge in [0.05, 0.1) is 45.6 Å². The Labute approximate surface area is 279 Å². The maximum absolute atomic E-state index is 14.2. The van der Waals surface area contributed by atoms with Crippen LogP contribution in [0.4, 0.5) is 0 Å². The van der Waals surface area contributed by atoms with Gasteiger partial charge in [0.2, 0.25) is 0 Å². The minimum atomic E-state index is -0.778. The first-order valence-electron chi connectivity index (χ1n) is 14.5. The number of aromatic nitrogens is 1. The van der Waals surface area contributed by atoms with Crippen LogP contribution in [-0.4, -0.2) is 24.3 Å². The number of fused-ring (bicyclic) bond motifs is 1. The third-order valence-corrected chi connectivity index (χ3v) is 9.07. The van der Waals surface area contributed by atoms with E-state index < -0.39 is 12.0 Å². The molecule has 1 aliphatic rings. The first-order valence-corrected chi connectivity index (χ1v) is 16.0. The number of methoxy groups -OCH3 is 1. The Morgan fingerprint density at radius 3 is 2.43 bits per heavy atom. The minimum Gasteiger partial charge on any atom is -0.497 e. The molecule has 0 saturated heterocycles. The lowest BCUT2D eigenvalue weighted by Gasteiger charge is -2.26. The zero-order valence-electron chi connectivity index (χ0n) is 24.9. The second-order valence-electron chi connectivity index (χ2n) is 10.3. The summed E-state index contributed by atoms with van der Waals surface area (Å²) in [4.78, 5) is 33.2. The van der Waals surface area contributed by atoms with Gasteiger partial charge in [0.25, 0.3) is 5.56 Å². The van der Waals surface area contributed by atoms with Gasteiger partial charge in [0, 0.05) is 5.56 Å². The van der Waals surface area contributed by atoms with Crippen molar-refractivity contribution in [3.05, 3.63) is 155 Å². The second-order valence-corrected chi connectivity index (χ2v) is 12.1. The van der Waals surface area contributed by atoms with Crippen molar-refractivity contribution in [1.29, 1.82) is 0 Å². The van der Waals surface area contributed by atoms with Crippen molar-refractivity contribution in [2.75, 3.05) is 13.7 Å². The molecule has 2 heterocycles. The van der Waals surface area contributed by atoms with Crippen molar-refractivity contribution in [1.82, 2.24) is 4.57 Å². The summed E-state index contributed by atoms with van der Waals surface area (Å²) in [6, 6.07) is 28.8. The number of esters is 1. The zero-order chi connectivity index (χ0) is 32.2. The molecule has 5 aromatic rings. The second kappa shape index (κ2) is 13.8. The number of hydrogen-bond acceptors (Lipinski definition) is 7. The van der Waals surface area contributed by atoms with Crippen LogP contribution < -0.4 is 24.4 Å². The van der Waals surface area contributed by atoms with Crippen LogP contribution in [0.25, 0.3) is 11.8 Å². The van der Waals surface area contributed by atoms with E-state index >= 15 is 0 Å². The first-order chi connectivity index (χ1) is 22.4. The third kappa shape index (κ3) is 6.51. The minimum absolute atomic E-state index is 0.174. The topological polar surface area (TPSA) is 79.1 Å². The molecule has 0 saturated carbocycles. The zero-order valence-corrected chi connectivity index (χ0v) is 27.2. The van der Waals surface area contributed by atoms with Crippen molar-refractivity contribution in [2.45, 2.75) is 19.6 Å². The highest BCUT2D eigenvalue weighted by Crippen LogP contribution is 2.35. The van der Waals surface area contributed by atoms with Crippen LogP contribution in [0.2, 0.25) is 10.0 Å². The SMILES string of the molecule is CCOC(=O)C1=C(c2ccccc2)N=c2s/c(=C/c3cccc(OCc4ccc(Cl)c(Cl)c4)c3)c(=O)n2[C@@H]1c1ccc(OC)cc1. The van der Waals surface area contributed by atoms with E-state index in [2.05, 4.69) is 0 Å². The van der Waals surface area contributed by atoms with Gasteiger partial charge in [-0.2, -0.15) is 0 Å². The third-order valence-electron chi connectivity index (χ3n) is 7.35.